The summed E-state index contributed by atoms with van der Waals surface area (Å²) in [5, 5.41) is 27.6. The number of hydrogen-bond donors (Lipinski definition) is 3. The highest BCUT2D eigenvalue weighted by molar-refractivity contribution is 8.27. The molecular weight excluding hydrogens is 1070 g/mol. The molecule has 0 bridgehead atoms. The molecule has 0 spiro atoms. The van der Waals surface area contributed by atoms with Gasteiger partial charge >= 0.3 is 17.9 Å². The van der Waals surface area contributed by atoms with Crippen LogP contribution in [0.15, 0.2) is 124 Å². The summed E-state index contributed by atoms with van der Waals surface area (Å²) < 4.78 is 0.615. The van der Waals surface area contributed by atoms with Crippen molar-refractivity contribution in [2.45, 2.75) is 0 Å². The average Bonchev–Trinajstić information content (AvgIpc) is 4.21. The maximum atomic E-state index is 12.9. The largest absolute Gasteiger partial charge is 0.480 e. The van der Waals surface area contributed by atoms with Gasteiger partial charge in [-0.25, -0.2) is 0 Å². The summed E-state index contributed by atoms with van der Waals surface area (Å²) in [5.41, 5.74) is 5.48. The molecule has 3 aromatic carbocycles. The van der Waals surface area contributed by atoms with Gasteiger partial charge in [0.25, 0.3) is 17.7 Å². The molecule has 0 aliphatic carbocycles. The Morgan fingerprint density at radius 1 is 0.429 bits per heavy atom. The predicted octanol–water partition coefficient (Wildman–Crippen LogP) is 11.2. The number of thiocarbonyl (C=S) groups is 3. The van der Waals surface area contributed by atoms with Gasteiger partial charge in [0.1, 0.15) is 32.6 Å². The lowest BCUT2D eigenvalue weighted by Crippen LogP contribution is -2.33. The van der Waals surface area contributed by atoms with Crippen LogP contribution in [0.2, 0.25) is 0 Å². The molecule has 3 aliphatic heterocycles. The van der Waals surface area contributed by atoms with E-state index in [4.69, 9.17) is 36.7 Å². The number of carboxylic acid groups (broad SMARTS) is 3. The highest BCUT2D eigenvalue weighted by Gasteiger charge is 2.35. The number of nitrogens with zero attached hydrogens (tertiary/aromatic N) is 4. The maximum absolute atomic E-state index is 12.9. The summed E-state index contributed by atoms with van der Waals surface area (Å²) in [4.78, 5) is 84.3. The Morgan fingerprint density at radius 3 is 0.929 bits per heavy atom. The first-order valence-electron chi connectivity index (χ1n) is 20.4. The summed E-state index contributed by atoms with van der Waals surface area (Å²) in [6, 6.07) is 36.0. The SMILES string of the molecule is O=C(O)CN1C(=O)/C(=C/c2ccc(-c3ccc(N(c4ccc(-c5ccc(/C=C6\SC(=S)N(CC(=O)O)C6=O)s5)cc4)c4ccc(-c5ccc(/C=C6\SC(=S)N(CC(=O)O)C6=O)s5)cc4)cc3)s2)SC1=S. The summed E-state index contributed by atoms with van der Waals surface area (Å²) >= 11 is 23.5. The Morgan fingerprint density at radius 2 is 0.686 bits per heavy atom. The second kappa shape index (κ2) is 20.7. The summed E-state index contributed by atoms with van der Waals surface area (Å²) in [6.07, 6.45) is 5.19. The molecule has 3 aliphatic rings. The fourth-order valence-electron chi connectivity index (χ4n) is 7.23. The minimum absolute atomic E-state index is 0.205. The Balaban J connectivity index is 0.981. The molecule has 3 saturated heterocycles. The third-order valence-corrected chi connectivity index (χ3v) is 17.8. The van der Waals surface area contributed by atoms with E-state index in [1.807, 2.05) is 109 Å². The van der Waals surface area contributed by atoms with Crippen LogP contribution in [0.5, 0.6) is 0 Å². The van der Waals surface area contributed by atoms with Crippen LogP contribution in [0.3, 0.4) is 0 Å². The molecule has 6 heterocycles. The second-order valence-electron chi connectivity index (χ2n) is 15.1. The van der Waals surface area contributed by atoms with Crippen molar-refractivity contribution < 1.29 is 44.1 Å². The topological polar surface area (TPSA) is 176 Å². The van der Waals surface area contributed by atoms with E-state index in [1.165, 1.54) is 34.0 Å². The van der Waals surface area contributed by atoms with Gasteiger partial charge in [0.05, 0.1) is 14.7 Å². The third-order valence-electron chi connectivity index (χ3n) is 10.4. The zero-order chi connectivity index (χ0) is 49.4. The average molecular weight is 1100 g/mol. The lowest BCUT2D eigenvalue weighted by Gasteiger charge is -2.26. The zero-order valence-corrected chi connectivity index (χ0v) is 42.8. The number of rotatable bonds is 15. The van der Waals surface area contributed by atoms with Crippen LogP contribution >= 0.6 is 106 Å². The van der Waals surface area contributed by atoms with E-state index in [0.717, 1.165) is 113 Å². The minimum Gasteiger partial charge on any atom is -0.480 e. The first-order valence-corrected chi connectivity index (χ1v) is 26.5. The molecule has 3 aromatic heterocycles. The van der Waals surface area contributed by atoms with Gasteiger partial charge in [0, 0.05) is 46.3 Å². The normalized spacial score (nSPS) is 16.8. The van der Waals surface area contributed by atoms with E-state index in [-0.39, 0.29) is 13.0 Å². The van der Waals surface area contributed by atoms with Gasteiger partial charge in [-0.1, -0.05) is 108 Å². The van der Waals surface area contributed by atoms with E-state index in [2.05, 4.69) is 4.90 Å². The maximum Gasteiger partial charge on any atom is 0.323 e. The molecule has 0 atom stereocenters. The van der Waals surface area contributed by atoms with Crippen LogP contribution < -0.4 is 4.90 Å². The van der Waals surface area contributed by atoms with Gasteiger partial charge in [-0.05, 0) is 108 Å². The first-order chi connectivity index (χ1) is 33.6. The molecule has 9 rings (SSSR count). The summed E-state index contributed by atoms with van der Waals surface area (Å²) in [7, 11) is 0. The zero-order valence-electron chi connectivity index (χ0n) is 35.5. The van der Waals surface area contributed by atoms with E-state index in [1.54, 1.807) is 18.2 Å². The van der Waals surface area contributed by atoms with Crippen molar-refractivity contribution in [1.82, 2.24) is 14.7 Å². The van der Waals surface area contributed by atoms with Crippen molar-refractivity contribution in [3.63, 3.8) is 0 Å². The Hall–Kier alpha value is -6.08. The highest BCUT2D eigenvalue weighted by Crippen LogP contribution is 2.42. The van der Waals surface area contributed by atoms with Crippen LogP contribution in [0, 0.1) is 0 Å². The molecule has 350 valence electrons. The number of carbonyl (C=O) groups is 6. The number of hydrogen-bond acceptors (Lipinski definition) is 16. The van der Waals surface area contributed by atoms with E-state index >= 15 is 0 Å². The third kappa shape index (κ3) is 10.6. The summed E-state index contributed by atoms with van der Waals surface area (Å²) in [6.45, 7) is -1.47. The molecule has 3 N–H and O–H groups in total. The molecule has 70 heavy (non-hydrogen) atoms. The monoisotopic (exact) mass is 1090 g/mol. The number of benzene rings is 3. The van der Waals surface area contributed by atoms with Gasteiger partial charge in [-0.3, -0.25) is 43.5 Å². The highest BCUT2D eigenvalue weighted by atomic mass is 32.2. The number of thiophene rings is 3. The summed E-state index contributed by atoms with van der Waals surface area (Å²) in [5.74, 6) is -4.73. The lowest BCUT2D eigenvalue weighted by atomic mass is 10.1. The lowest BCUT2D eigenvalue weighted by molar-refractivity contribution is -0.140. The molecule has 0 radical (unpaired) electrons. The standard InChI is InChI=1S/C48H30N4O9S9/c53-40(54)22-49-43(59)37(68-46(49)62)19-31-13-16-34(65-31)25-1-7-28(8-2-25)52(29-9-3-26(4-10-29)35-17-14-32(66-35)20-38-44(60)50(23-41(55)56)47(63)69-38)30-11-5-27(6-12-30)36-18-15-33(67-36)21-39-45(61)51(24-42(57)58)48(64)70-39/h1-21H,22-24H2,(H,53,54)(H,55,56)(H,57,58)/b37-19-,38-20-,39-21-. The van der Waals surface area contributed by atoms with E-state index in [0.29, 0.717) is 14.7 Å². The van der Waals surface area contributed by atoms with Crippen LogP contribution in [-0.4, -0.2) is 98.2 Å². The van der Waals surface area contributed by atoms with Gasteiger partial charge in [0.2, 0.25) is 0 Å². The van der Waals surface area contributed by atoms with Gasteiger partial charge in [0.15, 0.2) is 0 Å². The Bertz CT molecular complexity index is 2950. The smallest absolute Gasteiger partial charge is 0.323 e. The quantitative estimate of drug-likeness (QED) is 0.0653. The first kappa shape index (κ1) is 48.9. The molecule has 22 heteroatoms. The van der Waals surface area contributed by atoms with Crippen LogP contribution in [0.25, 0.3) is 49.5 Å². The van der Waals surface area contributed by atoms with Gasteiger partial charge < -0.3 is 20.2 Å². The van der Waals surface area contributed by atoms with E-state index < -0.39 is 55.3 Å². The molecule has 0 saturated carbocycles. The predicted molar refractivity (Wildman–Crippen MR) is 294 cm³/mol. The van der Waals surface area contributed by atoms with Crippen molar-refractivity contribution >= 4 is 190 Å². The molecule has 0 unspecified atom stereocenters. The molecule has 13 nitrogen and oxygen atoms in total. The van der Waals surface area contributed by atoms with Gasteiger partial charge in [-0.2, -0.15) is 0 Å². The second-order valence-corrected chi connectivity index (χ2v) is 23.4. The van der Waals surface area contributed by atoms with Crippen LogP contribution in [0.1, 0.15) is 14.6 Å². The van der Waals surface area contributed by atoms with Crippen molar-refractivity contribution in [3.8, 4) is 31.3 Å². The van der Waals surface area contributed by atoms with Crippen molar-refractivity contribution in [1.29, 1.82) is 0 Å². The van der Waals surface area contributed by atoms with Crippen LogP contribution in [-0.2, 0) is 28.8 Å². The number of carboxylic acids is 3. The number of carbonyl (C=O) groups excluding carboxylic acids is 3. The van der Waals surface area contributed by atoms with Gasteiger partial charge in [-0.15, -0.1) is 34.0 Å². The number of thioether (sulfide) groups is 3. The molecule has 3 amide bonds. The molecule has 6 aromatic rings. The number of anilines is 3. The van der Waals surface area contributed by atoms with Crippen LogP contribution in [0.4, 0.5) is 17.1 Å². The Kier molecular flexibility index (Phi) is 14.5. The minimum atomic E-state index is -1.14. The fraction of sp³-hybridized carbons (Fsp3) is 0.0625. The van der Waals surface area contributed by atoms with E-state index in [9.17, 15) is 44.1 Å². The van der Waals surface area contributed by atoms with Crippen molar-refractivity contribution in [3.05, 3.63) is 139 Å². The molecule has 3 fully saturated rings. The van der Waals surface area contributed by atoms with Crippen molar-refractivity contribution in [2.24, 2.45) is 0 Å². The molecular formula is C48H30N4O9S9. The Labute approximate surface area is 439 Å². The number of amides is 3. The fourth-order valence-corrected chi connectivity index (χ4v) is 14.1. The van der Waals surface area contributed by atoms with Crippen molar-refractivity contribution in [2.75, 3.05) is 24.5 Å². The number of aliphatic carboxylic acids is 3.